The van der Waals surface area contributed by atoms with Crippen molar-refractivity contribution >= 4 is 12.2 Å². The van der Waals surface area contributed by atoms with E-state index in [0.29, 0.717) is 5.92 Å². The summed E-state index contributed by atoms with van der Waals surface area (Å²) in [6.45, 7) is 10.2. The molecule has 1 aliphatic rings. The molecular formula is C15H23N. The highest BCUT2D eigenvalue weighted by atomic mass is 14.6. The number of fused-ring (bicyclic) bond motifs is 1. The lowest BCUT2D eigenvalue weighted by Gasteiger charge is -1.93. The molecule has 0 radical (unpaired) electrons. The zero-order valence-corrected chi connectivity index (χ0v) is 11.1. The molecule has 16 heavy (non-hydrogen) atoms. The van der Waals surface area contributed by atoms with Crippen LogP contribution in [0.3, 0.4) is 0 Å². The molecule has 2 rings (SSSR count). The first kappa shape index (κ1) is 14.6. The van der Waals surface area contributed by atoms with Crippen molar-refractivity contribution in [2.45, 2.75) is 34.6 Å². The largest absolute Gasteiger partial charge is 0.256 e. The Morgan fingerprint density at radius 3 is 2.50 bits per heavy atom. The van der Waals surface area contributed by atoms with Crippen molar-refractivity contribution in [1.82, 2.24) is 4.98 Å². The standard InChI is InChI=1S/C11H11N.2C2H6/c1-9-4-2-6-11-10(8-9)5-3-7-12-11;2*1-2/h2-9H,1H3;2*1-2H3. The van der Waals surface area contributed by atoms with Crippen molar-refractivity contribution in [2.75, 3.05) is 0 Å². The summed E-state index contributed by atoms with van der Waals surface area (Å²) in [6.07, 6.45) is 10.3. The Balaban J connectivity index is 0.000000509. The molecule has 1 nitrogen and oxygen atoms in total. The van der Waals surface area contributed by atoms with Gasteiger partial charge in [-0.3, -0.25) is 4.98 Å². The maximum atomic E-state index is 4.28. The topological polar surface area (TPSA) is 12.9 Å². The van der Waals surface area contributed by atoms with Crippen LogP contribution in [0.4, 0.5) is 0 Å². The third-order valence-electron chi connectivity index (χ3n) is 1.98. The second kappa shape index (κ2) is 8.90. The first-order valence-electron chi connectivity index (χ1n) is 6.18. The molecule has 0 aromatic carbocycles. The van der Waals surface area contributed by atoms with E-state index in [2.05, 4.69) is 42.3 Å². The third kappa shape index (κ3) is 4.43. The molecule has 1 aliphatic carbocycles. The first-order chi connectivity index (χ1) is 7.86. The summed E-state index contributed by atoms with van der Waals surface area (Å²) in [7, 11) is 0. The van der Waals surface area contributed by atoms with Crippen LogP contribution < -0.4 is 10.6 Å². The second-order valence-corrected chi connectivity index (χ2v) is 3.06. The molecule has 1 atom stereocenters. The van der Waals surface area contributed by atoms with Crippen LogP contribution in [0.5, 0.6) is 0 Å². The number of hydrogen-bond donors (Lipinski definition) is 0. The molecular weight excluding hydrogens is 194 g/mol. The lowest BCUT2D eigenvalue weighted by atomic mass is 10.1. The molecule has 1 heteroatoms. The van der Waals surface area contributed by atoms with E-state index in [1.807, 2.05) is 40.0 Å². The summed E-state index contributed by atoms with van der Waals surface area (Å²) < 4.78 is 0. The monoisotopic (exact) mass is 217 g/mol. The Morgan fingerprint density at radius 2 is 1.81 bits per heavy atom. The molecule has 0 saturated carbocycles. The van der Waals surface area contributed by atoms with Crippen molar-refractivity contribution in [3.63, 3.8) is 0 Å². The van der Waals surface area contributed by atoms with Gasteiger partial charge in [-0.25, -0.2) is 0 Å². The minimum absolute atomic E-state index is 0.506. The summed E-state index contributed by atoms with van der Waals surface area (Å²) in [6, 6.07) is 4.07. The van der Waals surface area contributed by atoms with Crippen LogP contribution in [0.1, 0.15) is 34.6 Å². The van der Waals surface area contributed by atoms with E-state index < -0.39 is 0 Å². The average Bonchev–Trinajstić information content (AvgIpc) is 2.55. The fourth-order valence-corrected chi connectivity index (χ4v) is 1.37. The van der Waals surface area contributed by atoms with E-state index in [0.717, 1.165) is 5.35 Å². The molecule has 0 amide bonds. The predicted octanol–water partition coefficient (Wildman–Crippen LogP) is 2.90. The Hall–Kier alpha value is -1.37. The van der Waals surface area contributed by atoms with Gasteiger partial charge in [0.25, 0.3) is 0 Å². The molecule has 0 fully saturated rings. The van der Waals surface area contributed by atoms with Gasteiger partial charge in [0.2, 0.25) is 0 Å². The molecule has 1 aromatic heterocycles. The smallest absolute Gasteiger partial charge is 0.0698 e. The zero-order chi connectivity index (χ0) is 12.4. The van der Waals surface area contributed by atoms with Gasteiger partial charge in [-0.2, -0.15) is 0 Å². The van der Waals surface area contributed by atoms with E-state index in [1.54, 1.807) is 0 Å². The summed E-state index contributed by atoms with van der Waals surface area (Å²) in [4.78, 5) is 4.28. The van der Waals surface area contributed by atoms with Crippen LogP contribution in [-0.4, -0.2) is 4.98 Å². The van der Waals surface area contributed by atoms with Crippen molar-refractivity contribution in [2.24, 2.45) is 5.92 Å². The zero-order valence-electron chi connectivity index (χ0n) is 11.1. The maximum absolute atomic E-state index is 4.28. The molecule has 1 heterocycles. The van der Waals surface area contributed by atoms with Gasteiger partial charge >= 0.3 is 0 Å². The van der Waals surface area contributed by atoms with Crippen molar-refractivity contribution < 1.29 is 0 Å². The second-order valence-electron chi connectivity index (χ2n) is 3.06. The summed E-state index contributed by atoms with van der Waals surface area (Å²) >= 11 is 0. The number of allylic oxidation sites excluding steroid dienone is 2. The normalized spacial score (nSPS) is 15.9. The van der Waals surface area contributed by atoms with E-state index in [4.69, 9.17) is 0 Å². The minimum atomic E-state index is 0.506. The van der Waals surface area contributed by atoms with Gasteiger partial charge in [0.15, 0.2) is 0 Å². The van der Waals surface area contributed by atoms with Gasteiger partial charge in [-0.15, -0.1) is 0 Å². The number of nitrogens with zero attached hydrogens (tertiary/aromatic N) is 1. The molecule has 0 bridgehead atoms. The number of hydrogen-bond acceptors (Lipinski definition) is 1. The van der Waals surface area contributed by atoms with Gasteiger partial charge < -0.3 is 0 Å². The van der Waals surface area contributed by atoms with Gasteiger partial charge in [-0.1, -0.05) is 58.9 Å². The maximum Gasteiger partial charge on any atom is 0.0698 e. The lowest BCUT2D eigenvalue weighted by Crippen LogP contribution is -2.26. The van der Waals surface area contributed by atoms with Crippen molar-refractivity contribution in [1.29, 1.82) is 0 Å². The molecule has 1 unspecified atom stereocenters. The van der Waals surface area contributed by atoms with Gasteiger partial charge in [0, 0.05) is 6.20 Å². The highest BCUT2D eigenvalue weighted by Gasteiger charge is 1.94. The SMILES string of the molecule is CC.CC.CC1C=CC=c2ncccc2=C1. The van der Waals surface area contributed by atoms with E-state index in [9.17, 15) is 0 Å². The summed E-state index contributed by atoms with van der Waals surface area (Å²) in [5.41, 5.74) is 0. The van der Waals surface area contributed by atoms with Crippen molar-refractivity contribution in [3.8, 4) is 0 Å². The molecule has 1 aromatic rings. The lowest BCUT2D eigenvalue weighted by molar-refractivity contribution is 0.996. The van der Waals surface area contributed by atoms with Crippen LogP contribution in [0.15, 0.2) is 30.5 Å². The Morgan fingerprint density at radius 1 is 1.12 bits per heavy atom. The number of rotatable bonds is 0. The van der Waals surface area contributed by atoms with Crippen LogP contribution >= 0.6 is 0 Å². The van der Waals surface area contributed by atoms with Gasteiger partial charge in [0.1, 0.15) is 0 Å². The van der Waals surface area contributed by atoms with Crippen molar-refractivity contribution in [3.05, 3.63) is 41.0 Å². The Bertz CT molecular complexity index is 415. The van der Waals surface area contributed by atoms with E-state index >= 15 is 0 Å². The average molecular weight is 217 g/mol. The van der Waals surface area contributed by atoms with E-state index in [1.165, 1.54) is 5.22 Å². The van der Waals surface area contributed by atoms with Crippen LogP contribution in [0, 0.1) is 5.92 Å². The Kier molecular flexibility index (Phi) is 8.14. The molecule has 0 aliphatic heterocycles. The minimum Gasteiger partial charge on any atom is -0.256 e. The predicted molar refractivity (Wildman–Crippen MR) is 73.4 cm³/mol. The molecule has 0 spiro atoms. The van der Waals surface area contributed by atoms with E-state index in [-0.39, 0.29) is 0 Å². The van der Waals surface area contributed by atoms with Gasteiger partial charge in [-0.05, 0) is 23.3 Å². The van der Waals surface area contributed by atoms with Crippen LogP contribution in [0.2, 0.25) is 0 Å². The first-order valence-corrected chi connectivity index (χ1v) is 6.18. The quantitative estimate of drug-likeness (QED) is 0.651. The Labute approximate surface area is 99.2 Å². The van der Waals surface area contributed by atoms with Crippen LogP contribution in [-0.2, 0) is 0 Å². The fraction of sp³-hybridized carbons (Fsp3) is 0.400. The summed E-state index contributed by atoms with van der Waals surface area (Å²) in [5.74, 6) is 0.506. The third-order valence-corrected chi connectivity index (χ3v) is 1.98. The number of aromatic nitrogens is 1. The molecule has 0 N–H and O–H groups in total. The molecule has 88 valence electrons. The number of pyridine rings is 1. The summed E-state index contributed by atoms with van der Waals surface area (Å²) in [5, 5.41) is 2.30. The van der Waals surface area contributed by atoms with Gasteiger partial charge in [0.05, 0.1) is 5.35 Å². The fourth-order valence-electron chi connectivity index (χ4n) is 1.37. The molecule has 0 saturated heterocycles. The highest BCUT2D eigenvalue weighted by Crippen LogP contribution is 1.99. The van der Waals surface area contributed by atoms with Crippen LogP contribution in [0.25, 0.3) is 12.2 Å². The highest BCUT2D eigenvalue weighted by molar-refractivity contribution is 5.43.